The predicted octanol–water partition coefficient (Wildman–Crippen LogP) is 2.48. The van der Waals surface area contributed by atoms with Crippen LogP contribution < -0.4 is 5.32 Å². The molecule has 0 spiro atoms. The van der Waals surface area contributed by atoms with Crippen molar-refractivity contribution < 1.29 is 24.5 Å². The number of aliphatic hydroxyl groups is 1. The van der Waals surface area contributed by atoms with Crippen molar-refractivity contribution in [3.63, 3.8) is 0 Å². The molecule has 0 saturated carbocycles. The van der Waals surface area contributed by atoms with E-state index in [2.05, 4.69) is 5.32 Å². The molecule has 2 atom stereocenters. The molecule has 4 N–H and O–H groups in total. The van der Waals surface area contributed by atoms with Crippen molar-refractivity contribution in [2.24, 2.45) is 0 Å². The molecule has 0 bridgehead atoms. The van der Waals surface area contributed by atoms with Gasteiger partial charge >= 0.3 is 0 Å². The third-order valence-electron chi connectivity index (χ3n) is 5.26. The number of phenolic OH excluding ortho intramolecular Hbond substituents is 2. The van der Waals surface area contributed by atoms with Gasteiger partial charge in [-0.2, -0.15) is 0 Å². The molecule has 6 nitrogen and oxygen atoms in total. The highest BCUT2D eigenvalue weighted by Gasteiger charge is 2.32. The molecule has 1 aliphatic heterocycles. The van der Waals surface area contributed by atoms with Crippen molar-refractivity contribution >= 4 is 5.91 Å². The number of carbonyl (C=O) groups excluding carboxylic acids is 1. The van der Waals surface area contributed by atoms with Gasteiger partial charge in [-0.3, -0.25) is 4.79 Å². The maximum atomic E-state index is 13.0. The van der Waals surface area contributed by atoms with Crippen LogP contribution >= 0.6 is 0 Å². The Balaban J connectivity index is 1.65. The molecule has 2 aromatic rings. The van der Waals surface area contributed by atoms with Crippen molar-refractivity contribution in [3.8, 4) is 11.5 Å². The van der Waals surface area contributed by atoms with Crippen molar-refractivity contribution in [2.75, 3.05) is 19.6 Å². The molecule has 29 heavy (non-hydrogen) atoms. The van der Waals surface area contributed by atoms with E-state index in [1.54, 1.807) is 17.0 Å². The molecule has 1 fully saturated rings. The molecular formula is C22H27FN2O4. The van der Waals surface area contributed by atoms with Gasteiger partial charge < -0.3 is 25.5 Å². The van der Waals surface area contributed by atoms with E-state index in [4.69, 9.17) is 0 Å². The van der Waals surface area contributed by atoms with Crippen molar-refractivity contribution in [1.29, 1.82) is 0 Å². The lowest BCUT2D eigenvalue weighted by Crippen LogP contribution is -2.49. The first-order valence-electron chi connectivity index (χ1n) is 9.92. The van der Waals surface area contributed by atoms with Crippen LogP contribution in [0.4, 0.5) is 4.39 Å². The quantitative estimate of drug-likeness (QED) is 0.401. The van der Waals surface area contributed by atoms with Crippen LogP contribution in [0.3, 0.4) is 0 Å². The second-order valence-corrected chi connectivity index (χ2v) is 7.39. The van der Waals surface area contributed by atoms with Crippen LogP contribution in [0.1, 0.15) is 36.5 Å². The molecule has 2 aromatic carbocycles. The number of nitrogens with one attached hydrogen (secondary N) is 1. The summed E-state index contributed by atoms with van der Waals surface area (Å²) in [6.45, 7) is 1.82. The van der Waals surface area contributed by atoms with Gasteiger partial charge in [-0.25, -0.2) is 4.39 Å². The molecule has 0 aromatic heterocycles. The van der Waals surface area contributed by atoms with E-state index in [9.17, 15) is 24.5 Å². The Labute approximate surface area is 169 Å². The first kappa shape index (κ1) is 21.1. The van der Waals surface area contributed by atoms with Gasteiger partial charge in [0.15, 0.2) is 11.5 Å². The van der Waals surface area contributed by atoms with E-state index in [0.29, 0.717) is 38.0 Å². The number of carbonyl (C=O) groups is 1. The highest BCUT2D eigenvalue weighted by Crippen LogP contribution is 2.29. The predicted molar refractivity (Wildman–Crippen MR) is 107 cm³/mol. The lowest BCUT2D eigenvalue weighted by molar-refractivity contribution is -0.135. The molecule has 0 unspecified atom stereocenters. The number of halogens is 1. The minimum Gasteiger partial charge on any atom is -0.504 e. The maximum absolute atomic E-state index is 13.0. The Bertz CT molecular complexity index is 822. The first-order valence-corrected chi connectivity index (χ1v) is 9.92. The van der Waals surface area contributed by atoms with E-state index in [1.165, 1.54) is 30.3 Å². The summed E-state index contributed by atoms with van der Waals surface area (Å²) in [6, 6.07) is 9.50. The normalized spacial score (nSPS) is 16.0. The van der Waals surface area contributed by atoms with Gasteiger partial charge in [-0.15, -0.1) is 0 Å². The Kier molecular flexibility index (Phi) is 7.06. The molecule has 156 valence electrons. The summed E-state index contributed by atoms with van der Waals surface area (Å²) in [7, 11) is 0. The van der Waals surface area contributed by atoms with E-state index in [1.807, 2.05) is 0 Å². The summed E-state index contributed by atoms with van der Waals surface area (Å²) in [6.07, 6.45) is 2.15. The van der Waals surface area contributed by atoms with E-state index >= 15 is 0 Å². The number of phenols is 2. The summed E-state index contributed by atoms with van der Waals surface area (Å²) in [5, 5.41) is 33.2. The van der Waals surface area contributed by atoms with Crippen LogP contribution in [0.25, 0.3) is 0 Å². The zero-order valence-electron chi connectivity index (χ0n) is 16.2. The standard InChI is InChI=1S/C22H27FN2O4/c23-17-8-5-15(6-9-17)4-3-11-24-20(22(29)25-12-1-2-13-25)21(28)16-7-10-18(26)19(27)14-16/h5-10,14,20-21,24,26-28H,1-4,11-13H2/t20-,21+/m0/s1/i21+2. The first-order chi connectivity index (χ1) is 14.0. The monoisotopic (exact) mass is 404 g/mol. The third kappa shape index (κ3) is 5.46. The number of nitrogens with zero attached hydrogens (tertiary/aromatic N) is 1. The summed E-state index contributed by atoms with van der Waals surface area (Å²) >= 11 is 0. The largest absolute Gasteiger partial charge is 0.504 e. The van der Waals surface area contributed by atoms with Crippen molar-refractivity contribution in [2.45, 2.75) is 37.8 Å². The van der Waals surface area contributed by atoms with Crippen LogP contribution in [-0.4, -0.2) is 51.8 Å². The van der Waals surface area contributed by atoms with E-state index in [-0.39, 0.29) is 23.2 Å². The average molecular weight is 404 g/mol. The van der Waals surface area contributed by atoms with Gasteiger partial charge in [0.25, 0.3) is 0 Å². The minimum atomic E-state index is -1.17. The molecule has 0 aliphatic carbocycles. The van der Waals surface area contributed by atoms with Crippen LogP contribution in [0.5, 0.6) is 11.5 Å². The SMILES string of the molecule is O=C([C@@H](NCCCc1ccc(F)cc1)[14C@H](O)c1ccc(O)c(O)c1)N1CCCC1. The summed E-state index contributed by atoms with van der Waals surface area (Å²) in [5.74, 6) is -1.08. The van der Waals surface area contributed by atoms with E-state index in [0.717, 1.165) is 18.4 Å². The van der Waals surface area contributed by atoms with Crippen molar-refractivity contribution in [1.82, 2.24) is 10.2 Å². The Morgan fingerprint density at radius 2 is 1.79 bits per heavy atom. The minimum absolute atomic E-state index is 0.177. The number of benzene rings is 2. The Morgan fingerprint density at radius 3 is 2.45 bits per heavy atom. The lowest BCUT2D eigenvalue weighted by Gasteiger charge is -2.28. The summed E-state index contributed by atoms with van der Waals surface area (Å²) in [4.78, 5) is 14.7. The van der Waals surface area contributed by atoms with E-state index < -0.39 is 12.1 Å². The number of hydrogen-bond donors (Lipinski definition) is 4. The fourth-order valence-corrected chi connectivity index (χ4v) is 3.59. The second-order valence-electron chi connectivity index (χ2n) is 7.39. The highest BCUT2D eigenvalue weighted by atomic mass is 19.1. The molecule has 1 heterocycles. The van der Waals surface area contributed by atoms with Crippen LogP contribution in [-0.2, 0) is 11.2 Å². The number of aryl methyl sites for hydroxylation is 1. The number of hydrogen-bond acceptors (Lipinski definition) is 5. The lowest BCUT2D eigenvalue weighted by atomic mass is 10.1. The van der Waals surface area contributed by atoms with Crippen molar-refractivity contribution in [3.05, 3.63) is 59.4 Å². The number of aromatic hydroxyl groups is 2. The van der Waals surface area contributed by atoms with Gasteiger partial charge in [0, 0.05) is 13.1 Å². The molecule has 7 heteroatoms. The summed E-state index contributed by atoms with van der Waals surface area (Å²) < 4.78 is 13.0. The Hall–Kier alpha value is -2.64. The Morgan fingerprint density at radius 1 is 1.10 bits per heavy atom. The number of likely N-dealkylation sites (tertiary alicyclic amines) is 1. The fraction of sp³-hybridized carbons (Fsp3) is 0.409. The topological polar surface area (TPSA) is 93.0 Å². The second kappa shape index (κ2) is 9.71. The molecule has 3 rings (SSSR count). The van der Waals surface area contributed by atoms with Crippen LogP contribution in [0.2, 0.25) is 0 Å². The smallest absolute Gasteiger partial charge is 0.242 e. The fourth-order valence-electron chi connectivity index (χ4n) is 3.59. The number of aliphatic hydroxyl groups excluding tert-OH is 1. The van der Waals surface area contributed by atoms with Gasteiger partial charge in [0.1, 0.15) is 18.0 Å². The molecule has 1 amide bonds. The van der Waals surface area contributed by atoms with Gasteiger partial charge in [0.05, 0.1) is 0 Å². The molecule has 1 saturated heterocycles. The number of amides is 1. The number of rotatable bonds is 8. The van der Waals surface area contributed by atoms with Crippen LogP contribution in [0.15, 0.2) is 42.5 Å². The zero-order valence-corrected chi connectivity index (χ0v) is 16.2. The average Bonchev–Trinajstić information content (AvgIpc) is 3.25. The molecule has 0 radical (unpaired) electrons. The summed E-state index contributed by atoms with van der Waals surface area (Å²) in [5.41, 5.74) is 1.35. The maximum Gasteiger partial charge on any atom is 0.242 e. The van der Waals surface area contributed by atoms with Crippen LogP contribution in [0, 0.1) is 5.82 Å². The molecule has 1 aliphatic rings. The highest BCUT2D eigenvalue weighted by molar-refractivity contribution is 5.83. The van der Waals surface area contributed by atoms with Gasteiger partial charge in [-0.1, -0.05) is 18.2 Å². The van der Waals surface area contributed by atoms with Gasteiger partial charge in [-0.05, 0) is 67.6 Å². The zero-order chi connectivity index (χ0) is 20.8. The molecular weight excluding hydrogens is 377 g/mol. The van der Waals surface area contributed by atoms with Gasteiger partial charge in [0.2, 0.25) is 5.91 Å². The third-order valence-corrected chi connectivity index (χ3v) is 5.26.